The highest BCUT2D eigenvalue weighted by molar-refractivity contribution is 7.23. The maximum absolute atomic E-state index is 13.4. The summed E-state index contributed by atoms with van der Waals surface area (Å²) in [5.41, 5.74) is 1.26. The predicted molar refractivity (Wildman–Crippen MR) is 139 cm³/mol. The summed E-state index contributed by atoms with van der Waals surface area (Å²) in [5, 5.41) is 22.9. The first-order chi connectivity index (χ1) is 17.4. The highest BCUT2D eigenvalue weighted by Crippen LogP contribution is 2.35. The number of hydrogen-bond donors (Lipinski definition) is 2. The van der Waals surface area contributed by atoms with Crippen molar-refractivity contribution < 1.29 is 14.7 Å². The number of aromatic nitrogens is 2. The molecule has 36 heavy (non-hydrogen) atoms. The van der Waals surface area contributed by atoms with Crippen molar-refractivity contribution in [3.05, 3.63) is 45.4 Å². The molecule has 4 aliphatic rings. The molecule has 0 aromatic carbocycles. The number of halogens is 1. The van der Waals surface area contributed by atoms with Crippen LogP contribution in [-0.2, 0) is 16.1 Å². The van der Waals surface area contributed by atoms with E-state index in [4.69, 9.17) is 11.6 Å². The van der Waals surface area contributed by atoms with Crippen LogP contribution in [0.3, 0.4) is 0 Å². The summed E-state index contributed by atoms with van der Waals surface area (Å²) in [5.74, 6) is -1.88. The Labute approximate surface area is 221 Å². The molecule has 2 N–H and O–H groups in total. The normalized spacial score (nSPS) is 24.4. The van der Waals surface area contributed by atoms with Gasteiger partial charge in [-0.2, -0.15) is 0 Å². The third-order valence-corrected chi connectivity index (χ3v) is 9.25. The quantitative estimate of drug-likeness (QED) is 0.549. The van der Waals surface area contributed by atoms with Crippen LogP contribution in [0.15, 0.2) is 41.1 Å². The van der Waals surface area contributed by atoms with Gasteiger partial charge < -0.3 is 20.2 Å². The van der Waals surface area contributed by atoms with Crippen molar-refractivity contribution >= 4 is 51.9 Å². The number of nitrogens with zero attached hydrogens (tertiary/aromatic N) is 5. The molecule has 2 aromatic rings. The Hall–Kier alpha value is -2.60. The van der Waals surface area contributed by atoms with Gasteiger partial charge >= 0.3 is 5.97 Å². The van der Waals surface area contributed by atoms with Crippen LogP contribution in [-0.4, -0.2) is 74.0 Å². The Morgan fingerprint density at radius 2 is 1.94 bits per heavy atom. The lowest BCUT2D eigenvalue weighted by molar-refractivity contribution is -0.138. The van der Waals surface area contributed by atoms with Gasteiger partial charge in [0.1, 0.15) is 5.01 Å². The fourth-order valence-electron chi connectivity index (χ4n) is 4.92. The van der Waals surface area contributed by atoms with E-state index >= 15 is 0 Å². The standard InChI is InChI=1S/C24H25ClN6O3S2/c25-19-6-5-18(35-19)23-29-28-20(36-23)12-31-17-11-13(24(33)34)1-4-16(17)27-21(31)22(32)26-14-7-9-30(10-8-14)15-2-3-15/h1,4-6,11,13-15,21H,2-3,7-10,12H2,(H,26,32)(H,33,34). The van der Waals surface area contributed by atoms with Crippen molar-refractivity contribution in [1.29, 1.82) is 0 Å². The second kappa shape index (κ2) is 9.70. The average molecular weight is 545 g/mol. The highest BCUT2D eigenvalue weighted by Gasteiger charge is 2.39. The molecule has 12 heteroatoms. The first-order valence-corrected chi connectivity index (χ1v) is 14.1. The molecule has 2 unspecified atom stereocenters. The van der Waals surface area contributed by atoms with Crippen molar-refractivity contribution in [2.24, 2.45) is 10.9 Å². The molecule has 1 saturated carbocycles. The minimum atomic E-state index is -0.944. The second-order valence-corrected chi connectivity index (χ2v) is 12.2. The van der Waals surface area contributed by atoms with Crippen molar-refractivity contribution in [3.8, 4) is 9.88 Å². The number of piperidine rings is 1. The highest BCUT2D eigenvalue weighted by atomic mass is 35.5. The second-order valence-electron chi connectivity index (χ2n) is 9.45. The summed E-state index contributed by atoms with van der Waals surface area (Å²) in [6.07, 6.45) is 8.60. The number of rotatable bonds is 7. The fraction of sp³-hybridized carbons (Fsp3) is 0.458. The fourth-order valence-corrected chi connectivity index (χ4v) is 6.85. The third kappa shape index (κ3) is 4.84. The topological polar surface area (TPSA) is 111 Å². The zero-order chi connectivity index (χ0) is 24.8. The van der Waals surface area contributed by atoms with Crippen molar-refractivity contribution in [2.75, 3.05) is 13.1 Å². The molecule has 1 saturated heterocycles. The van der Waals surface area contributed by atoms with Gasteiger partial charge in [-0.1, -0.05) is 29.0 Å². The summed E-state index contributed by atoms with van der Waals surface area (Å²) < 4.78 is 0.679. The number of amides is 1. The van der Waals surface area contributed by atoms with Gasteiger partial charge in [-0.15, -0.1) is 21.5 Å². The monoisotopic (exact) mass is 544 g/mol. The number of carboxylic acids is 1. The molecule has 2 fully saturated rings. The van der Waals surface area contributed by atoms with E-state index in [1.807, 2.05) is 17.0 Å². The molecule has 2 aromatic heterocycles. The summed E-state index contributed by atoms with van der Waals surface area (Å²) in [4.78, 5) is 35.1. The van der Waals surface area contributed by atoms with Gasteiger partial charge in [0.2, 0.25) is 6.17 Å². The predicted octanol–water partition coefficient (Wildman–Crippen LogP) is 3.40. The Morgan fingerprint density at radius 1 is 1.14 bits per heavy atom. The summed E-state index contributed by atoms with van der Waals surface area (Å²) in [6, 6.07) is 4.59. The molecule has 1 amide bonds. The number of nitrogens with one attached hydrogen (secondary N) is 1. The van der Waals surface area contributed by atoms with E-state index < -0.39 is 18.1 Å². The Morgan fingerprint density at radius 3 is 2.64 bits per heavy atom. The van der Waals surface area contributed by atoms with Gasteiger partial charge in [0.15, 0.2) is 5.01 Å². The zero-order valence-corrected chi connectivity index (χ0v) is 21.7. The van der Waals surface area contributed by atoms with E-state index in [0.717, 1.165) is 41.9 Å². The van der Waals surface area contributed by atoms with Crippen LogP contribution in [0.1, 0.15) is 30.7 Å². The molecule has 2 aliphatic carbocycles. The van der Waals surface area contributed by atoms with Crippen molar-refractivity contribution in [3.63, 3.8) is 0 Å². The Kier molecular flexibility index (Phi) is 6.40. The van der Waals surface area contributed by atoms with Gasteiger partial charge in [-0.3, -0.25) is 9.59 Å². The van der Waals surface area contributed by atoms with Crippen LogP contribution in [0.25, 0.3) is 9.88 Å². The number of carboxylic acid groups (broad SMARTS) is 1. The molecular formula is C24H25ClN6O3S2. The molecule has 0 bridgehead atoms. The number of fused-ring (bicyclic) bond motifs is 1. The van der Waals surface area contributed by atoms with E-state index in [1.54, 1.807) is 18.2 Å². The van der Waals surface area contributed by atoms with Crippen LogP contribution >= 0.6 is 34.3 Å². The van der Waals surface area contributed by atoms with Crippen molar-refractivity contribution in [2.45, 2.75) is 50.5 Å². The maximum Gasteiger partial charge on any atom is 0.314 e. The number of aliphatic imine (C=N–C) groups is 1. The minimum Gasteiger partial charge on any atom is -0.481 e. The van der Waals surface area contributed by atoms with E-state index in [0.29, 0.717) is 27.3 Å². The Balaban J connectivity index is 1.21. The van der Waals surface area contributed by atoms with E-state index in [2.05, 4.69) is 25.4 Å². The molecule has 0 spiro atoms. The largest absolute Gasteiger partial charge is 0.481 e. The molecule has 0 radical (unpaired) electrons. The van der Waals surface area contributed by atoms with Gasteiger partial charge in [0, 0.05) is 25.2 Å². The van der Waals surface area contributed by atoms with E-state index in [-0.39, 0.29) is 11.9 Å². The van der Waals surface area contributed by atoms with Crippen LogP contribution in [0.5, 0.6) is 0 Å². The lowest BCUT2D eigenvalue weighted by atomic mass is 10.00. The smallest absolute Gasteiger partial charge is 0.314 e. The maximum atomic E-state index is 13.4. The molecule has 6 rings (SSSR count). The zero-order valence-electron chi connectivity index (χ0n) is 19.3. The molecular weight excluding hydrogens is 520 g/mol. The van der Waals surface area contributed by atoms with Crippen molar-refractivity contribution in [1.82, 2.24) is 25.3 Å². The number of carbonyl (C=O) groups is 2. The lowest BCUT2D eigenvalue weighted by Crippen LogP contribution is -2.50. The molecule has 2 atom stereocenters. The molecule has 4 heterocycles. The van der Waals surface area contributed by atoms with E-state index in [1.165, 1.54) is 35.5 Å². The van der Waals surface area contributed by atoms with Gasteiger partial charge in [-0.25, -0.2) is 4.99 Å². The number of carbonyl (C=O) groups excluding carboxylic acids is 1. The summed E-state index contributed by atoms with van der Waals surface area (Å²) >= 11 is 8.94. The first kappa shape index (κ1) is 23.8. The number of likely N-dealkylation sites (tertiary alicyclic amines) is 1. The van der Waals surface area contributed by atoms with Crippen LogP contribution in [0, 0.1) is 5.92 Å². The number of hydrogen-bond acceptors (Lipinski definition) is 9. The number of allylic oxidation sites excluding steroid dienone is 1. The molecule has 188 valence electrons. The third-order valence-electron chi connectivity index (χ3n) is 6.94. The van der Waals surface area contributed by atoms with E-state index in [9.17, 15) is 14.7 Å². The number of aliphatic carboxylic acids is 1. The lowest BCUT2D eigenvalue weighted by Gasteiger charge is -2.33. The SMILES string of the molecule is O=C(O)C1C=CC2=NC(C(=O)NC3CCN(C4CC4)CC3)N(Cc3nnc(-c4ccc(Cl)s4)s3)C2=C1. The molecule has 2 aliphatic heterocycles. The number of thiophene rings is 1. The Bertz CT molecular complexity index is 1270. The van der Waals surface area contributed by atoms with Gasteiger partial charge in [-0.05, 0) is 50.0 Å². The minimum absolute atomic E-state index is 0.116. The average Bonchev–Trinajstić information content (AvgIpc) is 3.28. The first-order valence-electron chi connectivity index (χ1n) is 12.0. The van der Waals surface area contributed by atoms with Crippen LogP contribution in [0.2, 0.25) is 4.34 Å². The summed E-state index contributed by atoms with van der Waals surface area (Å²) in [6.45, 7) is 2.31. The van der Waals surface area contributed by atoms with Gasteiger partial charge in [0.25, 0.3) is 5.91 Å². The van der Waals surface area contributed by atoms with Crippen LogP contribution in [0.4, 0.5) is 0 Å². The molecule has 9 nitrogen and oxygen atoms in total. The van der Waals surface area contributed by atoms with Crippen LogP contribution < -0.4 is 5.32 Å². The van der Waals surface area contributed by atoms with Gasteiger partial charge in [0.05, 0.1) is 33.1 Å². The summed E-state index contributed by atoms with van der Waals surface area (Å²) in [7, 11) is 0.